The fourth-order valence-electron chi connectivity index (χ4n) is 2.12. The zero-order valence-electron chi connectivity index (χ0n) is 11.9. The van der Waals surface area contributed by atoms with Crippen LogP contribution in [0.3, 0.4) is 0 Å². The summed E-state index contributed by atoms with van der Waals surface area (Å²) >= 11 is 0. The minimum atomic E-state index is -1.06. The molecule has 1 aliphatic rings. The van der Waals surface area contributed by atoms with E-state index in [2.05, 4.69) is 4.98 Å². The summed E-state index contributed by atoms with van der Waals surface area (Å²) in [6.07, 6.45) is -0.237. The number of carbonyl (C=O) groups excluding carboxylic acids is 1. The fraction of sp³-hybridized carbons (Fsp3) is 0.571. The van der Waals surface area contributed by atoms with Gasteiger partial charge in [0.25, 0.3) is 0 Å². The Kier molecular flexibility index (Phi) is 3.69. The van der Waals surface area contributed by atoms with E-state index in [1.807, 2.05) is 0 Å². The Morgan fingerprint density at radius 3 is 2.70 bits per heavy atom. The largest absolute Gasteiger partial charge is 0.444 e. The van der Waals surface area contributed by atoms with E-state index in [1.54, 1.807) is 32.9 Å². The maximum absolute atomic E-state index is 13.0. The molecule has 0 aliphatic carbocycles. The van der Waals surface area contributed by atoms with Gasteiger partial charge in [-0.25, -0.2) is 9.78 Å². The number of hydrogen-bond acceptors (Lipinski definition) is 4. The molecule has 1 fully saturated rings. The van der Waals surface area contributed by atoms with Gasteiger partial charge in [0.15, 0.2) is 0 Å². The monoisotopic (exact) mass is 282 g/mol. The lowest BCUT2D eigenvalue weighted by Gasteiger charge is -2.46. The van der Waals surface area contributed by atoms with Gasteiger partial charge in [-0.2, -0.15) is 4.39 Å². The molecule has 1 aliphatic heterocycles. The van der Waals surface area contributed by atoms with Gasteiger partial charge >= 0.3 is 6.09 Å². The number of aromatic nitrogens is 1. The Balaban J connectivity index is 1.89. The number of aliphatic hydroxyl groups is 1. The van der Waals surface area contributed by atoms with Crippen LogP contribution in [0.15, 0.2) is 18.2 Å². The number of carbonyl (C=O) groups is 1. The van der Waals surface area contributed by atoms with Gasteiger partial charge < -0.3 is 14.7 Å². The molecule has 1 amide bonds. The zero-order chi connectivity index (χ0) is 15.0. The number of hydrogen-bond donors (Lipinski definition) is 1. The maximum atomic E-state index is 13.0. The summed E-state index contributed by atoms with van der Waals surface area (Å²) in [5.41, 5.74) is -1.15. The minimum Gasteiger partial charge on any atom is -0.444 e. The molecule has 20 heavy (non-hydrogen) atoms. The molecule has 2 heterocycles. The maximum Gasteiger partial charge on any atom is 0.410 e. The molecule has 5 nitrogen and oxygen atoms in total. The zero-order valence-corrected chi connectivity index (χ0v) is 11.9. The highest BCUT2D eigenvalue weighted by atomic mass is 19.1. The van der Waals surface area contributed by atoms with Crippen molar-refractivity contribution in [1.29, 1.82) is 0 Å². The fourth-order valence-corrected chi connectivity index (χ4v) is 2.12. The van der Waals surface area contributed by atoms with Gasteiger partial charge in [0.1, 0.15) is 11.2 Å². The normalized spacial score (nSPS) is 17.6. The summed E-state index contributed by atoms with van der Waals surface area (Å²) in [6, 6.07) is 4.45. The van der Waals surface area contributed by atoms with Crippen LogP contribution in [0.1, 0.15) is 26.5 Å². The first-order valence-corrected chi connectivity index (χ1v) is 6.49. The van der Waals surface area contributed by atoms with Crippen LogP contribution in [0.4, 0.5) is 9.18 Å². The van der Waals surface area contributed by atoms with Crippen LogP contribution < -0.4 is 0 Å². The molecule has 1 N–H and O–H groups in total. The van der Waals surface area contributed by atoms with Crippen molar-refractivity contribution in [2.24, 2.45) is 0 Å². The van der Waals surface area contributed by atoms with E-state index in [0.717, 1.165) is 0 Å². The Labute approximate surface area is 117 Å². The Morgan fingerprint density at radius 1 is 1.50 bits per heavy atom. The third-order valence-electron chi connectivity index (χ3n) is 2.91. The SMILES string of the molecule is CC(C)(C)OC(=O)N1CC(O)(Cc2cccc(F)n2)C1. The van der Waals surface area contributed by atoms with Crippen LogP contribution in [-0.2, 0) is 11.2 Å². The molecule has 0 unspecified atom stereocenters. The van der Waals surface area contributed by atoms with Crippen molar-refractivity contribution >= 4 is 6.09 Å². The summed E-state index contributed by atoms with van der Waals surface area (Å²) in [4.78, 5) is 16.9. The van der Waals surface area contributed by atoms with Gasteiger partial charge in [0.2, 0.25) is 5.95 Å². The number of pyridine rings is 1. The van der Waals surface area contributed by atoms with Gasteiger partial charge in [0.05, 0.1) is 13.1 Å². The summed E-state index contributed by atoms with van der Waals surface area (Å²) in [5, 5.41) is 10.3. The first-order chi connectivity index (χ1) is 9.17. The molecule has 1 aromatic rings. The van der Waals surface area contributed by atoms with Crippen LogP contribution in [0, 0.1) is 5.95 Å². The number of nitrogens with zero attached hydrogens (tertiary/aromatic N) is 2. The number of likely N-dealkylation sites (tertiary alicyclic amines) is 1. The molecule has 0 atom stereocenters. The molecule has 1 saturated heterocycles. The molecule has 2 rings (SSSR count). The molecule has 0 aromatic carbocycles. The van der Waals surface area contributed by atoms with Crippen molar-refractivity contribution < 1.29 is 19.0 Å². The van der Waals surface area contributed by atoms with Crippen LogP contribution in [0.2, 0.25) is 0 Å². The highest BCUT2D eigenvalue weighted by Gasteiger charge is 2.45. The van der Waals surface area contributed by atoms with E-state index < -0.39 is 23.2 Å². The van der Waals surface area contributed by atoms with Crippen LogP contribution in [-0.4, -0.2) is 45.4 Å². The van der Waals surface area contributed by atoms with Crippen molar-refractivity contribution in [3.05, 3.63) is 29.8 Å². The second-order valence-electron chi connectivity index (χ2n) is 6.19. The van der Waals surface area contributed by atoms with Crippen molar-refractivity contribution in [3.63, 3.8) is 0 Å². The Hall–Kier alpha value is -1.69. The third-order valence-corrected chi connectivity index (χ3v) is 2.91. The highest BCUT2D eigenvalue weighted by molar-refractivity contribution is 5.69. The average molecular weight is 282 g/mol. The second-order valence-corrected chi connectivity index (χ2v) is 6.19. The van der Waals surface area contributed by atoms with Crippen molar-refractivity contribution in [2.45, 2.75) is 38.4 Å². The van der Waals surface area contributed by atoms with E-state index in [-0.39, 0.29) is 19.5 Å². The molecule has 6 heteroatoms. The molecular weight excluding hydrogens is 263 g/mol. The molecule has 0 saturated carbocycles. The van der Waals surface area contributed by atoms with E-state index >= 15 is 0 Å². The van der Waals surface area contributed by atoms with E-state index in [0.29, 0.717) is 5.69 Å². The van der Waals surface area contributed by atoms with Crippen molar-refractivity contribution in [1.82, 2.24) is 9.88 Å². The van der Waals surface area contributed by atoms with Gasteiger partial charge in [-0.15, -0.1) is 0 Å². The van der Waals surface area contributed by atoms with Crippen LogP contribution in [0.25, 0.3) is 0 Å². The number of β-amino-alcohol motifs (C(OH)–C–C–N with tert-alkyl or cyclic N) is 1. The van der Waals surface area contributed by atoms with E-state index in [9.17, 15) is 14.3 Å². The summed E-state index contributed by atoms with van der Waals surface area (Å²) < 4.78 is 18.2. The Morgan fingerprint density at radius 2 is 2.15 bits per heavy atom. The third kappa shape index (κ3) is 3.66. The average Bonchev–Trinajstić information content (AvgIpc) is 2.23. The first kappa shape index (κ1) is 14.7. The molecule has 110 valence electrons. The van der Waals surface area contributed by atoms with Gasteiger partial charge in [-0.05, 0) is 32.9 Å². The quantitative estimate of drug-likeness (QED) is 0.839. The summed E-state index contributed by atoms with van der Waals surface area (Å²) in [7, 11) is 0. The minimum absolute atomic E-state index is 0.167. The number of amides is 1. The highest BCUT2D eigenvalue weighted by Crippen LogP contribution is 2.26. The van der Waals surface area contributed by atoms with Crippen molar-refractivity contribution in [3.8, 4) is 0 Å². The summed E-state index contributed by atoms with van der Waals surface area (Å²) in [6.45, 7) is 5.69. The number of rotatable bonds is 2. The van der Waals surface area contributed by atoms with E-state index in [1.165, 1.54) is 11.0 Å². The molecule has 0 radical (unpaired) electrons. The topological polar surface area (TPSA) is 62.7 Å². The van der Waals surface area contributed by atoms with Crippen LogP contribution in [0.5, 0.6) is 0 Å². The lowest BCUT2D eigenvalue weighted by molar-refractivity contribution is -0.0978. The summed E-state index contributed by atoms with van der Waals surface area (Å²) in [5.74, 6) is -0.575. The molecular formula is C14H19FN2O3. The lowest BCUT2D eigenvalue weighted by Crippen LogP contribution is -2.65. The van der Waals surface area contributed by atoms with Crippen LogP contribution >= 0.6 is 0 Å². The predicted molar refractivity (Wildman–Crippen MR) is 70.7 cm³/mol. The van der Waals surface area contributed by atoms with Gasteiger partial charge in [0, 0.05) is 12.1 Å². The number of halogens is 1. The molecule has 0 bridgehead atoms. The number of ether oxygens (including phenoxy) is 1. The molecule has 0 spiro atoms. The second kappa shape index (κ2) is 5.01. The predicted octanol–water partition coefficient (Wildman–Crippen LogP) is 1.75. The van der Waals surface area contributed by atoms with Crippen molar-refractivity contribution in [2.75, 3.05) is 13.1 Å². The first-order valence-electron chi connectivity index (χ1n) is 6.49. The smallest absolute Gasteiger partial charge is 0.410 e. The van der Waals surface area contributed by atoms with E-state index in [4.69, 9.17) is 4.74 Å². The van der Waals surface area contributed by atoms with Gasteiger partial charge in [-0.3, -0.25) is 0 Å². The molecule has 1 aromatic heterocycles. The van der Waals surface area contributed by atoms with Gasteiger partial charge in [-0.1, -0.05) is 6.07 Å². The Bertz CT molecular complexity index is 507. The standard InChI is InChI=1S/C14H19FN2O3/c1-13(2,3)20-12(18)17-8-14(19,9-17)7-10-5-4-6-11(15)16-10/h4-6,19H,7-9H2,1-3H3. The lowest BCUT2D eigenvalue weighted by atomic mass is 9.89.